The normalized spacial score (nSPS) is 13.4. The van der Waals surface area contributed by atoms with Crippen LogP contribution in [0.3, 0.4) is 0 Å². The number of anilines is 1. The van der Waals surface area contributed by atoms with Crippen LogP contribution < -0.4 is 10.6 Å². The fourth-order valence-corrected chi connectivity index (χ4v) is 2.48. The van der Waals surface area contributed by atoms with Gasteiger partial charge in [-0.2, -0.15) is 0 Å². The van der Waals surface area contributed by atoms with Crippen molar-refractivity contribution in [2.45, 2.75) is 59.1 Å². The van der Waals surface area contributed by atoms with Crippen molar-refractivity contribution in [3.63, 3.8) is 0 Å². The molecule has 8 nitrogen and oxygen atoms in total. The van der Waals surface area contributed by atoms with Crippen molar-refractivity contribution in [3.8, 4) is 5.75 Å². The van der Waals surface area contributed by atoms with Crippen molar-refractivity contribution in [3.05, 3.63) is 23.8 Å². The second-order valence-electron chi connectivity index (χ2n) is 7.55. The molecule has 0 aliphatic heterocycles. The molecule has 2 atom stereocenters. The molecule has 150 valence electrons. The number of amides is 2. The van der Waals surface area contributed by atoms with E-state index < -0.39 is 29.6 Å². The molecule has 0 saturated heterocycles. The number of carbonyl (C=O) groups is 3. The third-order valence-electron chi connectivity index (χ3n) is 3.63. The van der Waals surface area contributed by atoms with E-state index in [0.29, 0.717) is 6.42 Å². The molecular weight excluding hydrogens is 352 g/mol. The molecule has 0 unspecified atom stereocenters. The smallest absolute Gasteiger partial charge is 0.407 e. The molecule has 0 saturated carbocycles. The highest BCUT2D eigenvalue weighted by Gasteiger charge is 2.23. The molecule has 0 heterocycles. The molecule has 8 heteroatoms. The van der Waals surface area contributed by atoms with Gasteiger partial charge in [0, 0.05) is 13.0 Å². The maximum absolute atomic E-state index is 12.1. The number of alkyl carbamates (subject to hydrolysis) is 1. The first-order valence-electron chi connectivity index (χ1n) is 8.69. The zero-order valence-corrected chi connectivity index (χ0v) is 16.3. The van der Waals surface area contributed by atoms with Gasteiger partial charge in [-0.15, -0.1) is 0 Å². The summed E-state index contributed by atoms with van der Waals surface area (Å²) >= 11 is 0. The summed E-state index contributed by atoms with van der Waals surface area (Å²) in [6, 6.07) is 4.17. The van der Waals surface area contributed by atoms with Crippen LogP contribution in [0, 0.1) is 5.92 Å². The summed E-state index contributed by atoms with van der Waals surface area (Å²) in [6.07, 6.45) is -0.125. The fraction of sp³-hybridized carbons (Fsp3) is 0.526. The molecule has 0 fully saturated rings. The van der Waals surface area contributed by atoms with E-state index in [-0.39, 0.29) is 23.8 Å². The van der Waals surface area contributed by atoms with E-state index in [2.05, 4.69) is 10.6 Å². The first kappa shape index (κ1) is 22.3. The van der Waals surface area contributed by atoms with Crippen LogP contribution in [-0.4, -0.2) is 39.8 Å². The van der Waals surface area contributed by atoms with E-state index in [1.165, 1.54) is 13.0 Å². The predicted molar refractivity (Wildman–Crippen MR) is 101 cm³/mol. The number of phenols is 1. The number of carbonyl (C=O) groups excluding carboxylic acids is 2. The Kier molecular flexibility index (Phi) is 7.63. The van der Waals surface area contributed by atoms with Crippen LogP contribution in [0.25, 0.3) is 0 Å². The number of aliphatic carboxylic acids is 1. The lowest BCUT2D eigenvalue weighted by Crippen LogP contribution is -2.41. The second kappa shape index (κ2) is 9.25. The van der Waals surface area contributed by atoms with Crippen LogP contribution in [0.2, 0.25) is 0 Å². The zero-order chi connectivity index (χ0) is 20.8. The summed E-state index contributed by atoms with van der Waals surface area (Å²) in [7, 11) is 0. The van der Waals surface area contributed by atoms with Gasteiger partial charge in [0.25, 0.3) is 0 Å². The standard InChI is InChI=1S/C19H28N2O6/c1-11(17(24)25)8-14(21-18(26)27-19(3,4)5)9-13-6-7-16(23)15(10-13)20-12(2)22/h6-7,10-11,14,23H,8-9H2,1-5H3,(H,20,22)(H,21,26)(H,24,25)/t11-,14+/m0/s1. The molecule has 1 rings (SSSR count). The Balaban J connectivity index is 2.97. The SMILES string of the molecule is CC(=O)Nc1cc(C[C@@H](C[C@H](C)C(=O)O)NC(=O)OC(C)(C)C)ccc1O. The first-order chi connectivity index (χ1) is 12.4. The maximum Gasteiger partial charge on any atom is 0.407 e. The molecule has 27 heavy (non-hydrogen) atoms. The quantitative estimate of drug-likeness (QED) is 0.539. The third-order valence-corrected chi connectivity index (χ3v) is 3.63. The average Bonchev–Trinajstić information content (AvgIpc) is 2.47. The van der Waals surface area contributed by atoms with E-state index in [1.807, 2.05) is 0 Å². The molecule has 4 N–H and O–H groups in total. The summed E-state index contributed by atoms with van der Waals surface area (Å²) < 4.78 is 5.25. The van der Waals surface area contributed by atoms with E-state index in [0.717, 1.165) is 5.56 Å². The Morgan fingerprint density at radius 1 is 1.22 bits per heavy atom. The maximum atomic E-state index is 12.1. The number of nitrogens with one attached hydrogen (secondary N) is 2. The Hall–Kier alpha value is -2.77. The van der Waals surface area contributed by atoms with Gasteiger partial charge in [0.2, 0.25) is 5.91 Å². The minimum absolute atomic E-state index is 0.0792. The van der Waals surface area contributed by atoms with E-state index >= 15 is 0 Å². The summed E-state index contributed by atoms with van der Waals surface area (Å²) in [5.41, 5.74) is 0.293. The summed E-state index contributed by atoms with van der Waals surface area (Å²) in [4.78, 5) is 34.5. The Morgan fingerprint density at radius 3 is 2.37 bits per heavy atom. The molecular formula is C19H28N2O6. The molecule has 0 spiro atoms. The van der Waals surface area contributed by atoms with Crippen molar-refractivity contribution in [2.75, 3.05) is 5.32 Å². The van der Waals surface area contributed by atoms with Gasteiger partial charge in [-0.05, 0) is 51.3 Å². The Bertz CT molecular complexity index is 696. The number of carboxylic acids is 1. The minimum atomic E-state index is -0.962. The number of hydrogen-bond donors (Lipinski definition) is 4. The largest absolute Gasteiger partial charge is 0.506 e. The molecule has 0 aliphatic carbocycles. The summed E-state index contributed by atoms with van der Waals surface area (Å²) in [5, 5.41) is 24.2. The topological polar surface area (TPSA) is 125 Å². The lowest BCUT2D eigenvalue weighted by atomic mass is 9.96. The van der Waals surface area contributed by atoms with Gasteiger partial charge in [-0.25, -0.2) is 4.79 Å². The lowest BCUT2D eigenvalue weighted by Gasteiger charge is -2.25. The van der Waals surface area contributed by atoms with Crippen LogP contribution in [0.5, 0.6) is 5.75 Å². The van der Waals surface area contributed by atoms with Crippen LogP contribution in [0.1, 0.15) is 46.6 Å². The van der Waals surface area contributed by atoms with Gasteiger partial charge in [0.1, 0.15) is 11.4 Å². The number of phenolic OH excluding ortho intramolecular Hbond substituents is 1. The molecule has 0 bridgehead atoms. The highest BCUT2D eigenvalue weighted by molar-refractivity contribution is 5.90. The van der Waals surface area contributed by atoms with E-state index in [4.69, 9.17) is 4.74 Å². The van der Waals surface area contributed by atoms with Gasteiger partial charge < -0.3 is 25.6 Å². The lowest BCUT2D eigenvalue weighted by molar-refractivity contribution is -0.141. The van der Waals surface area contributed by atoms with Crippen molar-refractivity contribution in [1.29, 1.82) is 0 Å². The number of hydrogen-bond acceptors (Lipinski definition) is 5. The zero-order valence-electron chi connectivity index (χ0n) is 16.3. The van der Waals surface area contributed by atoms with Crippen LogP contribution in [0.4, 0.5) is 10.5 Å². The Morgan fingerprint density at radius 2 is 1.85 bits per heavy atom. The summed E-state index contributed by atoms with van der Waals surface area (Å²) in [5.74, 6) is -2.04. The molecule has 0 aromatic heterocycles. The van der Waals surface area contributed by atoms with Gasteiger partial charge in [-0.3, -0.25) is 9.59 Å². The van der Waals surface area contributed by atoms with Crippen molar-refractivity contribution in [2.24, 2.45) is 5.92 Å². The molecule has 2 amide bonds. The molecule has 0 aliphatic rings. The number of ether oxygens (including phenoxy) is 1. The van der Waals surface area contributed by atoms with Crippen LogP contribution in [-0.2, 0) is 20.7 Å². The van der Waals surface area contributed by atoms with E-state index in [9.17, 15) is 24.6 Å². The highest BCUT2D eigenvalue weighted by Crippen LogP contribution is 2.25. The van der Waals surface area contributed by atoms with Crippen molar-refractivity contribution in [1.82, 2.24) is 5.32 Å². The monoisotopic (exact) mass is 380 g/mol. The Labute approximate surface area is 158 Å². The third kappa shape index (κ3) is 8.44. The van der Waals surface area contributed by atoms with E-state index in [1.54, 1.807) is 39.8 Å². The van der Waals surface area contributed by atoms with Gasteiger partial charge in [0.15, 0.2) is 0 Å². The first-order valence-corrected chi connectivity index (χ1v) is 8.69. The van der Waals surface area contributed by atoms with Crippen LogP contribution >= 0.6 is 0 Å². The van der Waals surface area contributed by atoms with Crippen LogP contribution in [0.15, 0.2) is 18.2 Å². The predicted octanol–water partition coefficient (Wildman–Crippen LogP) is 2.90. The number of benzene rings is 1. The average molecular weight is 380 g/mol. The number of aromatic hydroxyl groups is 1. The van der Waals surface area contributed by atoms with Gasteiger partial charge in [-0.1, -0.05) is 13.0 Å². The second-order valence-corrected chi connectivity index (χ2v) is 7.55. The minimum Gasteiger partial charge on any atom is -0.506 e. The van der Waals surface area contributed by atoms with Gasteiger partial charge in [0.05, 0.1) is 11.6 Å². The number of rotatable bonds is 7. The molecule has 0 radical (unpaired) electrons. The fourth-order valence-electron chi connectivity index (χ4n) is 2.48. The number of carboxylic acid groups (broad SMARTS) is 1. The molecule has 1 aromatic carbocycles. The summed E-state index contributed by atoms with van der Waals surface area (Å²) in [6.45, 7) is 8.10. The van der Waals surface area contributed by atoms with Gasteiger partial charge >= 0.3 is 12.1 Å². The van der Waals surface area contributed by atoms with Crippen molar-refractivity contribution < 1.29 is 29.3 Å². The highest BCUT2D eigenvalue weighted by atomic mass is 16.6. The van der Waals surface area contributed by atoms with Crippen molar-refractivity contribution >= 4 is 23.7 Å². The molecule has 1 aromatic rings.